The van der Waals surface area contributed by atoms with Gasteiger partial charge in [-0.15, -0.1) is 0 Å². The van der Waals surface area contributed by atoms with Crippen LogP contribution >= 0.6 is 0 Å². The van der Waals surface area contributed by atoms with E-state index in [4.69, 9.17) is 15.0 Å². The zero-order valence-electron chi connectivity index (χ0n) is 32.2. The lowest BCUT2D eigenvalue weighted by atomic mass is 9.67. The summed E-state index contributed by atoms with van der Waals surface area (Å²) in [6, 6.07) is 80.2. The van der Waals surface area contributed by atoms with Crippen molar-refractivity contribution in [3.05, 3.63) is 247 Å². The van der Waals surface area contributed by atoms with Gasteiger partial charge in [-0.1, -0.05) is 224 Å². The molecule has 10 aromatic rings. The molecule has 3 heteroatoms. The van der Waals surface area contributed by atoms with Crippen LogP contribution in [0.15, 0.2) is 224 Å². The first-order valence-corrected chi connectivity index (χ1v) is 20.1. The number of nitrogens with zero attached hydrogens (tertiary/aromatic N) is 3. The molecule has 1 aliphatic carbocycles. The topological polar surface area (TPSA) is 38.7 Å². The van der Waals surface area contributed by atoms with Crippen molar-refractivity contribution in [2.75, 3.05) is 0 Å². The van der Waals surface area contributed by atoms with Crippen LogP contribution in [-0.4, -0.2) is 15.0 Å². The van der Waals surface area contributed by atoms with Crippen LogP contribution in [0.3, 0.4) is 0 Å². The molecule has 0 spiro atoms. The predicted molar refractivity (Wildman–Crippen MR) is 242 cm³/mol. The van der Waals surface area contributed by atoms with E-state index < -0.39 is 5.41 Å². The van der Waals surface area contributed by atoms with Crippen molar-refractivity contribution in [2.45, 2.75) is 5.41 Å². The third-order valence-corrected chi connectivity index (χ3v) is 11.8. The zero-order chi connectivity index (χ0) is 39.2. The van der Waals surface area contributed by atoms with E-state index in [1.165, 1.54) is 60.8 Å². The van der Waals surface area contributed by atoms with E-state index in [0.29, 0.717) is 17.5 Å². The van der Waals surface area contributed by atoms with E-state index in [9.17, 15) is 0 Å². The third kappa shape index (κ3) is 5.70. The first-order valence-electron chi connectivity index (χ1n) is 20.1. The van der Waals surface area contributed by atoms with Crippen molar-refractivity contribution >= 4 is 10.8 Å². The summed E-state index contributed by atoms with van der Waals surface area (Å²) in [5.41, 5.74) is 14.7. The Kier molecular flexibility index (Phi) is 8.37. The molecule has 276 valence electrons. The van der Waals surface area contributed by atoms with Gasteiger partial charge < -0.3 is 0 Å². The van der Waals surface area contributed by atoms with Crippen molar-refractivity contribution in [3.63, 3.8) is 0 Å². The van der Waals surface area contributed by atoms with Crippen LogP contribution in [0.2, 0.25) is 0 Å². The standard InChI is InChI=1S/C56H37N3/c1-5-19-40(20-6-1)53-57-54(41-21-7-2-8-22-41)59-55(58-53)42-34-32-39(33-35-42)46-37-36-38-18-13-14-27-45(38)51(46)48-29-17-31-50-52(48)47-28-15-16-30-49(47)56(50,43-23-9-3-10-24-43)44-25-11-4-12-26-44/h1-37H. The average molecular weight is 752 g/mol. The number of benzene rings is 9. The Balaban J connectivity index is 1.11. The van der Waals surface area contributed by atoms with Gasteiger partial charge in [0.2, 0.25) is 0 Å². The molecule has 0 bridgehead atoms. The largest absolute Gasteiger partial charge is 0.208 e. The second-order valence-electron chi connectivity index (χ2n) is 15.1. The second kappa shape index (κ2) is 14.3. The highest BCUT2D eigenvalue weighted by Crippen LogP contribution is 2.59. The van der Waals surface area contributed by atoms with Gasteiger partial charge in [-0.3, -0.25) is 0 Å². The summed E-state index contributed by atoms with van der Waals surface area (Å²) in [5.74, 6) is 1.94. The van der Waals surface area contributed by atoms with Crippen molar-refractivity contribution in [3.8, 4) is 67.5 Å². The molecule has 1 aliphatic rings. The normalized spacial score (nSPS) is 12.5. The summed E-state index contributed by atoms with van der Waals surface area (Å²) in [6.45, 7) is 0. The highest BCUT2D eigenvalue weighted by molar-refractivity contribution is 6.09. The van der Waals surface area contributed by atoms with Crippen LogP contribution in [0.1, 0.15) is 22.3 Å². The fraction of sp³-hybridized carbons (Fsp3) is 0.0179. The van der Waals surface area contributed by atoms with Gasteiger partial charge in [0.25, 0.3) is 0 Å². The van der Waals surface area contributed by atoms with Gasteiger partial charge in [0.1, 0.15) is 0 Å². The Morgan fingerprint density at radius 1 is 0.271 bits per heavy atom. The molecule has 0 aliphatic heterocycles. The zero-order valence-corrected chi connectivity index (χ0v) is 32.2. The van der Waals surface area contributed by atoms with Crippen LogP contribution in [0, 0.1) is 0 Å². The maximum absolute atomic E-state index is 5.01. The summed E-state index contributed by atoms with van der Waals surface area (Å²) < 4.78 is 0. The fourth-order valence-corrected chi connectivity index (χ4v) is 9.24. The first-order chi connectivity index (χ1) is 29.3. The molecule has 11 rings (SSSR count). The minimum Gasteiger partial charge on any atom is -0.208 e. The molecule has 1 aromatic heterocycles. The molecule has 3 nitrogen and oxygen atoms in total. The van der Waals surface area contributed by atoms with Crippen molar-refractivity contribution in [1.82, 2.24) is 15.0 Å². The molecular weight excluding hydrogens is 715 g/mol. The summed E-state index contributed by atoms with van der Waals surface area (Å²) in [7, 11) is 0. The quantitative estimate of drug-likeness (QED) is 0.163. The molecule has 0 saturated heterocycles. The molecule has 0 radical (unpaired) electrons. The third-order valence-electron chi connectivity index (χ3n) is 11.8. The summed E-state index contributed by atoms with van der Waals surface area (Å²) in [5, 5.41) is 2.42. The highest BCUT2D eigenvalue weighted by atomic mass is 15.0. The molecule has 1 heterocycles. The van der Waals surface area contributed by atoms with Crippen LogP contribution in [0.4, 0.5) is 0 Å². The highest BCUT2D eigenvalue weighted by Gasteiger charge is 2.46. The average Bonchev–Trinajstić information content (AvgIpc) is 3.63. The molecule has 0 unspecified atom stereocenters. The Morgan fingerprint density at radius 2 is 0.729 bits per heavy atom. The molecule has 0 saturated carbocycles. The van der Waals surface area contributed by atoms with Crippen LogP contribution in [-0.2, 0) is 5.41 Å². The van der Waals surface area contributed by atoms with Crippen molar-refractivity contribution in [2.24, 2.45) is 0 Å². The molecule has 0 amide bonds. The number of aromatic nitrogens is 3. The van der Waals surface area contributed by atoms with Gasteiger partial charge in [0.15, 0.2) is 17.5 Å². The number of hydrogen-bond acceptors (Lipinski definition) is 3. The van der Waals surface area contributed by atoms with Crippen molar-refractivity contribution < 1.29 is 0 Å². The lowest BCUT2D eigenvalue weighted by Gasteiger charge is -2.34. The number of rotatable bonds is 7. The predicted octanol–water partition coefficient (Wildman–Crippen LogP) is 13.7. The molecule has 0 fully saturated rings. The van der Waals surface area contributed by atoms with Gasteiger partial charge in [-0.2, -0.15) is 0 Å². The Bertz CT molecular complexity index is 3030. The minimum atomic E-state index is -0.488. The van der Waals surface area contributed by atoms with Gasteiger partial charge in [-0.05, 0) is 66.4 Å². The summed E-state index contributed by atoms with van der Waals surface area (Å²) >= 11 is 0. The van der Waals surface area contributed by atoms with Gasteiger partial charge >= 0.3 is 0 Å². The number of fused-ring (bicyclic) bond motifs is 4. The minimum absolute atomic E-state index is 0.488. The van der Waals surface area contributed by atoms with Gasteiger partial charge in [0.05, 0.1) is 5.41 Å². The fourth-order valence-electron chi connectivity index (χ4n) is 9.24. The monoisotopic (exact) mass is 751 g/mol. The van der Waals surface area contributed by atoms with E-state index in [1.807, 2.05) is 60.7 Å². The van der Waals surface area contributed by atoms with E-state index >= 15 is 0 Å². The summed E-state index contributed by atoms with van der Waals surface area (Å²) in [4.78, 5) is 14.9. The van der Waals surface area contributed by atoms with E-state index in [0.717, 1.165) is 22.3 Å². The SMILES string of the molecule is c1ccc(-c2nc(-c3ccccc3)nc(-c3ccc(-c4ccc5ccccc5c4-c4cccc5c4-c4ccccc4C5(c4ccccc4)c4ccccc4)cc3)n2)cc1. The molecule has 9 aromatic carbocycles. The van der Waals surface area contributed by atoms with Crippen molar-refractivity contribution in [1.29, 1.82) is 0 Å². The molecule has 0 N–H and O–H groups in total. The first kappa shape index (κ1) is 34.5. The lowest BCUT2D eigenvalue weighted by Crippen LogP contribution is -2.28. The van der Waals surface area contributed by atoms with E-state index in [2.05, 4.69) is 164 Å². The molecule has 59 heavy (non-hydrogen) atoms. The molecule has 0 atom stereocenters. The maximum atomic E-state index is 5.01. The van der Waals surface area contributed by atoms with Crippen LogP contribution in [0.25, 0.3) is 78.3 Å². The molecular formula is C56H37N3. The smallest absolute Gasteiger partial charge is 0.164 e. The van der Waals surface area contributed by atoms with E-state index in [1.54, 1.807) is 0 Å². The Morgan fingerprint density at radius 3 is 1.34 bits per heavy atom. The van der Waals surface area contributed by atoms with E-state index in [-0.39, 0.29) is 0 Å². The Hall–Kier alpha value is -7.75. The lowest BCUT2D eigenvalue weighted by molar-refractivity contribution is 0.768. The van der Waals surface area contributed by atoms with Gasteiger partial charge in [-0.25, -0.2) is 15.0 Å². The number of hydrogen-bond donors (Lipinski definition) is 0. The van der Waals surface area contributed by atoms with Crippen LogP contribution in [0.5, 0.6) is 0 Å². The van der Waals surface area contributed by atoms with Gasteiger partial charge in [0, 0.05) is 16.7 Å². The van der Waals surface area contributed by atoms with Crippen LogP contribution < -0.4 is 0 Å². The Labute approximate surface area is 344 Å². The second-order valence-corrected chi connectivity index (χ2v) is 15.1. The summed E-state index contributed by atoms with van der Waals surface area (Å²) in [6.07, 6.45) is 0. The maximum Gasteiger partial charge on any atom is 0.164 e.